The number of carbonyl (C=O) groups is 1. The quantitative estimate of drug-likeness (QED) is 0.884. The lowest BCUT2D eigenvalue weighted by molar-refractivity contribution is -0.116. The van der Waals surface area contributed by atoms with Crippen molar-refractivity contribution in [2.75, 3.05) is 5.32 Å². The van der Waals surface area contributed by atoms with Crippen molar-refractivity contribution in [3.05, 3.63) is 52.6 Å². The molecule has 1 aliphatic rings. The average Bonchev–Trinajstić information content (AvgIpc) is 2.70. The van der Waals surface area contributed by atoms with Gasteiger partial charge in [0.25, 0.3) is 0 Å². The van der Waals surface area contributed by atoms with Crippen LogP contribution in [0.15, 0.2) is 40.1 Å². The molecule has 108 valence electrons. The van der Waals surface area contributed by atoms with E-state index in [-0.39, 0.29) is 10.8 Å². The third-order valence-electron chi connectivity index (χ3n) is 3.09. The predicted molar refractivity (Wildman–Crippen MR) is 77.5 cm³/mol. The third kappa shape index (κ3) is 2.62. The van der Waals surface area contributed by atoms with Crippen LogP contribution in [-0.2, 0) is 4.79 Å². The molecule has 2 aromatic rings. The van der Waals surface area contributed by atoms with Crippen LogP contribution in [0.2, 0.25) is 5.02 Å². The van der Waals surface area contributed by atoms with Crippen LogP contribution < -0.4 is 11.1 Å². The summed E-state index contributed by atoms with van der Waals surface area (Å²) in [5.41, 5.74) is 6.85. The van der Waals surface area contributed by atoms with Crippen LogP contribution in [-0.4, -0.2) is 5.91 Å². The van der Waals surface area contributed by atoms with Crippen molar-refractivity contribution in [3.63, 3.8) is 0 Å². The monoisotopic (exact) mass is 326 g/mol. The summed E-state index contributed by atoms with van der Waals surface area (Å²) in [4.78, 5) is 12.1. The van der Waals surface area contributed by atoms with Gasteiger partial charge in [0.15, 0.2) is 0 Å². The van der Waals surface area contributed by atoms with Gasteiger partial charge in [-0.1, -0.05) is 23.4 Å². The number of rotatable bonds is 2. The fraction of sp³-hybridized carbons (Fsp3) is 0.0714. The van der Waals surface area contributed by atoms with Gasteiger partial charge in [-0.2, -0.15) is 0 Å². The van der Waals surface area contributed by atoms with Gasteiger partial charge in [-0.05, 0) is 30.3 Å². The molecule has 0 saturated heterocycles. The van der Waals surface area contributed by atoms with Gasteiger partial charge in [-0.15, -0.1) is 0 Å². The Bertz CT molecular complexity index is 754. The van der Waals surface area contributed by atoms with Gasteiger partial charge >= 0.3 is 0 Å². The topological polar surface area (TPSA) is 55.1 Å². The molecule has 0 radical (unpaired) electrons. The van der Waals surface area contributed by atoms with Crippen LogP contribution in [0.5, 0.6) is 0 Å². The Morgan fingerprint density at radius 3 is 2.71 bits per heavy atom. The van der Waals surface area contributed by atoms with Crippen molar-refractivity contribution in [1.29, 1.82) is 0 Å². The molecule has 7 heteroatoms. The zero-order valence-electron chi connectivity index (χ0n) is 10.5. The number of amides is 1. The highest BCUT2D eigenvalue weighted by atomic mass is 35.5. The normalized spacial score (nSPS) is 16.8. The lowest BCUT2D eigenvalue weighted by atomic mass is 10.1. The van der Waals surface area contributed by atoms with Crippen LogP contribution in [0.4, 0.5) is 14.5 Å². The summed E-state index contributed by atoms with van der Waals surface area (Å²) in [5, 5.41) is 2.95. The van der Waals surface area contributed by atoms with Crippen LogP contribution >= 0.6 is 23.4 Å². The molecule has 0 saturated carbocycles. The molecule has 0 aliphatic carbocycles. The standard InChI is InChI=1S/C14H9ClF2N2OS/c15-8-4-7-10(19-14(20)13(7)18)5-11(8)21-12-3-6(16)1-2-9(12)17/h1-5,13H,18H2,(H,19,20). The predicted octanol–water partition coefficient (Wildman–Crippen LogP) is 3.72. The summed E-state index contributed by atoms with van der Waals surface area (Å²) in [6.07, 6.45) is 0. The first-order valence-electron chi connectivity index (χ1n) is 5.98. The average molecular weight is 327 g/mol. The van der Waals surface area contributed by atoms with Crippen LogP contribution in [0.1, 0.15) is 11.6 Å². The first-order valence-corrected chi connectivity index (χ1v) is 7.18. The van der Waals surface area contributed by atoms with Crippen molar-refractivity contribution >= 4 is 35.0 Å². The molecule has 0 fully saturated rings. The molecular formula is C14H9ClF2N2OS. The number of nitrogens with two attached hydrogens (primary N) is 1. The van der Waals surface area contributed by atoms with Gasteiger partial charge in [-0.3, -0.25) is 4.79 Å². The smallest absolute Gasteiger partial charge is 0.245 e. The highest BCUT2D eigenvalue weighted by molar-refractivity contribution is 7.99. The highest BCUT2D eigenvalue weighted by Gasteiger charge is 2.28. The van der Waals surface area contributed by atoms with Crippen molar-refractivity contribution in [2.24, 2.45) is 5.73 Å². The first-order chi connectivity index (χ1) is 9.95. The number of halogens is 3. The zero-order chi connectivity index (χ0) is 15.1. The molecular weight excluding hydrogens is 318 g/mol. The van der Waals surface area contributed by atoms with Crippen molar-refractivity contribution in [1.82, 2.24) is 0 Å². The number of carbonyl (C=O) groups excluding carboxylic acids is 1. The maximum Gasteiger partial charge on any atom is 0.245 e. The van der Waals surface area contributed by atoms with Crippen molar-refractivity contribution in [2.45, 2.75) is 15.8 Å². The summed E-state index contributed by atoms with van der Waals surface area (Å²) in [6, 6.07) is 5.60. The van der Waals surface area contributed by atoms with Gasteiger partial charge in [0.05, 0.1) is 9.92 Å². The van der Waals surface area contributed by atoms with E-state index in [9.17, 15) is 13.6 Å². The molecule has 3 nitrogen and oxygen atoms in total. The Balaban J connectivity index is 1.99. The molecule has 1 aliphatic heterocycles. The Hall–Kier alpha value is -1.63. The van der Waals surface area contributed by atoms with Gasteiger partial charge in [0.2, 0.25) is 5.91 Å². The molecule has 21 heavy (non-hydrogen) atoms. The second kappa shape index (κ2) is 5.29. The SMILES string of the molecule is NC1C(=O)Nc2cc(Sc3cc(F)ccc3F)c(Cl)cc21. The molecule has 3 rings (SSSR count). The lowest BCUT2D eigenvalue weighted by Gasteiger charge is -2.09. The minimum absolute atomic E-state index is 0.116. The van der Waals surface area contributed by atoms with E-state index in [4.69, 9.17) is 17.3 Å². The number of hydrogen-bond acceptors (Lipinski definition) is 3. The van der Waals surface area contributed by atoms with Gasteiger partial charge < -0.3 is 11.1 Å². The second-order valence-electron chi connectivity index (χ2n) is 4.51. The first kappa shape index (κ1) is 14.3. The molecule has 3 N–H and O–H groups in total. The Morgan fingerprint density at radius 1 is 1.19 bits per heavy atom. The molecule has 1 amide bonds. The molecule has 1 atom stereocenters. The number of hydrogen-bond donors (Lipinski definition) is 2. The Morgan fingerprint density at radius 2 is 1.95 bits per heavy atom. The van der Waals surface area contributed by atoms with E-state index in [1.165, 1.54) is 0 Å². The number of nitrogens with one attached hydrogen (secondary N) is 1. The van der Waals surface area contributed by atoms with Crippen LogP contribution in [0.3, 0.4) is 0 Å². The summed E-state index contributed by atoms with van der Waals surface area (Å²) >= 11 is 7.12. The van der Waals surface area contributed by atoms with E-state index < -0.39 is 17.7 Å². The van der Waals surface area contributed by atoms with E-state index in [1.807, 2.05) is 0 Å². The third-order valence-corrected chi connectivity index (χ3v) is 4.61. The van der Waals surface area contributed by atoms with Crippen molar-refractivity contribution < 1.29 is 13.6 Å². The summed E-state index contributed by atoms with van der Waals surface area (Å²) in [5.74, 6) is -1.40. The minimum Gasteiger partial charge on any atom is -0.324 e. The van der Waals surface area contributed by atoms with E-state index in [0.29, 0.717) is 21.2 Å². The van der Waals surface area contributed by atoms with Crippen LogP contribution in [0.25, 0.3) is 0 Å². The van der Waals surface area contributed by atoms with E-state index in [2.05, 4.69) is 5.32 Å². The number of fused-ring (bicyclic) bond motifs is 1. The summed E-state index contributed by atoms with van der Waals surface area (Å²) < 4.78 is 26.9. The van der Waals surface area contributed by atoms with E-state index in [0.717, 1.165) is 30.0 Å². The molecule has 0 spiro atoms. The Labute approximate surface area is 128 Å². The van der Waals surface area contributed by atoms with Crippen molar-refractivity contribution in [3.8, 4) is 0 Å². The van der Waals surface area contributed by atoms with Gasteiger partial charge in [0, 0.05) is 16.1 Å². The van der Waals surface area contributed by atoms with Gasteiger partial charge in [-0.25, -0.2) is 8.78 Å². The fourth-order valence-corrected chi connectivity index (χ4v) is 3.23. The second-order valence-corrected chi connectivity index (χ2v) is 6.00. The molecule has 1 heterocycles. The highest BCUT2D eigenvalue weighted by Crippen LogP contribution is 2.41. The van der Waals surface area contributed by atoms with E-state index in [1.54, 1.807) is 12.1 Å². The zero-order valence-corrected chi connectivity index (χ0v) is 12.1. The van der Waals surface area contributed by atoms with Crippen LogP contribution in [0, 0.1) is 11.6 Å². The maximum absolute atomic E-state index is 13.7. The summed E-state index contributed by atoms with van der Waals surface area (Å²) in [7, 11) is 0. The molecule has 0 bridgehead atoms. The largest absolute Gasteiger partial charge is 0.324 e. The minimum atomic E-state index is -0.762. The molecule has 0 aromatic heterocycles. The lowest BCUT2D eigenvalue weighted by Crippen LogP contribution is -2.19. The summed E-state index contributed by atoms with van der Waals surface area (Å²) in [6.45, 7) is 0. The Kier molecular flexibility index (Phi) is 3.61. The maximum atomic E-state index is 13.7. The number of anilines is 1. The fourth-order valence-electron chi connectivity index (χ4n) is 2.04. The molecule has 1 unspecified atom stereocenters. The van der Waals surface area contributed by atoms with E-state index >= 15 is 0 Å². The van der Waals surface area contributed by atoms with Gasteiger partial charge in [0.1, 0.15) is 17.7 Å². The number of benzene rings is 2. The molecule has 2 aromatic carbocycles.